The number of hydrogen-bond acceptors (Lipinski definition) is 8. The number of carbonyl (C=O) groups is 3. The van der Waals surface area contributed by atoms with E-state index in [1.807, 2.05) is 7.05 Å². The van der Waals surface area contributed by atoms with E-state index in [2.05, 4.69) is 15.5 Å². The number of carbonyl (C=O) groups excluding carboxylic acids is 3. The zero-order valence-corrected chi connectivity index (χ0v) is 24.6. The van der Waals surface area contributed by atoms with Crippen molar-refractivity contribution >= 4 is 35.6 Å². The van der Waals surface area contributed by atoms with Crippen molar-refractivity contribution in [1.29, 1.82) is 0 Å². The van der Waals surface area contributed by atoms with E-state index in [-0.39, 0.29) is 48.5 Å². The number of hydroxylamine groups is 1. The highest BCUT2D eigenvalue weighted by atomic mass is 35.5. The van der Waals surface area contributed by atoms with Crippen molar-refractivity contribution in [2.75, 3.05) is 44.9 Å². The molecule has 3 aromatic rings. The number of rotatable bonds is 13. The van der Waals surface area contributed by atoms with Gasteiger partial charge in [0.2, 0.25) is 24.0 Å². The lowest BCUT2D eigenvalue weighted by Crippen LogP contribution is -2.52. The zero-order chi connectivity index (χ0) is 30.9. The van der Waals surface area contributed by atoms with Gasteiger partial charge in [0.1, 0.15) is 11.6 Å². The summed E-state index contributed by atoms with van der Waals surface area (Å²) in [5, 5.41) is 5.87. The summed E-state index contributed by atoms with van der Waals surface area (Å²) in [5.41, 5.74) is 3.80. The average molecular weight is 619 g/mol. The van der Waals surface area contributed by atoms with E-state index in [4.69, 9.17) is 21.0 Å². The summed E-state index contributed by atoms with van der Waals surface area (Å²) in [4.78, 5) is 47.4. The third kappa shape index (κ3) is 8.57. The van der Waals surface area contributed by atoms with Gasteiger partial charge in [0, 0.05) is 57.7 Å². The Morgan fingerprint density at radius 2 is 1.91 bits per heavy atom. The second-order valence-corrected chi connectivity index (χ2v) is 10.5. The van der Waals surface area contributed by atoms with E-state index in [9.17, 15) is 23.2 Å². The second-order valence-electron chi connectivity index (χ2n) is 10.1. The molecule has 0 bridgehead atoms. The number of hydrogen-bond donors (Lipinski definition) is 1. The maximum absolute atomic E-state index is 14.0. The number of piperazine rings is 1. The summed E-state index contributed by atoms with van der Waals surface area (Å²) in [6.45, 7) is 3.84. The van der Waals surface area contributed by atoms with Crippen LogP contribution < -0.4 is 10.5 Å². The Bertz CT molecular complexity index is 1420. The molecule has 1 saturated heterocycles. The van der Waals surface area contributed by atoms with E-state index in [1.165, 1.54) is 48.3 Å². The van der Waals surface area contributed by atoms with Crippen molar-refractivity contribution in [2.45, 2.75) is 32.4 Å². The summed E-state index contributed by atoms with van der Waals surface area (Å²) in [6.07, 6.45) is 0.672. The summed E-state index contributed by atoms with van der Waals surface area (Å²) in [7, 11) is 1.99. The smallest absolute Gasteiger partial charge is 0.239 e. The average Bonchev–Trinajstić information content (AvgIpc) is 3.48. The minimum atomic E-state index is -0.738. The molecule has 0 saturated carbocycles. The maximum atomic E-state index is 14.0. The molecule has 4 rings (SSSR count). The molecule has 1 atom stereocenters. The highest BCUT2D eigenvalue weighted by Gasteiger charge is 2.27. The lowest BCUT2D eigenvalue weighted by Gasteiger charge is -2.34. The molecule has 3 amide bonds. The molecule has 0 unspecified atom stereocenters. The lowest BCUT2D eigenvalue weighted by atomic mass is 10.1. The van der Waals surface area contributed by atoms with E-state index >= 15 is 0 Å². The van der Waals surface area contributed by atoms with E-state index in [0.717, 1.165) is 18.2 Å². The minimum Gasteiger partial charge on any atom is -0.354 e. The predicted octanol–water partition coefficient (Wildman–Crippen LogP) is 3.64. The van der Waals surface area contributed by atoms with E-state index in [1.54, 1.807) is 17.0 Å². The van der Waals surface area contributed by atoms with Crippen LogP contribution in [0.15, 0.2) is 53.1 Å². The first-order valence-electron chi connectivity index (χ1n) is 13.7. The van der Waals surface area contributed by atoms with Gasteiger partial charge in [0.05, 0.1) is 17.7 Å². The van der Waals surface area contributed by atoms with Gasteiger partial charge < -0.3 is 14.3 Å². The fourth-order valence-electron chi connectivity index (χ4n) is 4.61. The van der Waals surface area contributed by atoms with Crippen LogP contribution in [0.4, 0.5) is 14.6 Å². The summed E-state index contributed by atoms with van der Waals surface area (Å²) in [6, 6.07) is 10.7. The van der Waals surface area contributed by atoms with Crippen LogP contribution in [0.1, 0.15) is 25.3 Å². The van der Waals surface area contributed by atoms with Gasteiger partial charge in [0.25, 0.3) is 0 Å². The fraction of sp³-hybridized carbons (Fsp3) is 0.379. The number of halogens is 3. The molecule has 11 nitrogen and oxygen atoms in total. The van der Waals surface area contributed by atoms with Gasteiger partial charge >= 0.3 is 0 Å². The number of amides is 3. The normalized spacial score (nSPS) is 14.4. The van der Waals surface area contributed by atoms with Crippen LogP contribution in [0.5, 0.6) is 0 Å². The van der Waals surface area contributed by atoms with Gasteiger partial charge in [-0.3, -0.25) is 24.2 Å². The molecule has 1 aliphatic heterocycles. The van der Waals surface area contributed by atoms with Gasteiger partial charge in [0.15, 0.2) is 5.76 Å². The Morgan fingerprint density at radius 1 is 1.16 bits per heavy atom. The molecule has 1 aromatic heterocycles. The predicted molar refractivity (Wildman–Crippen MR) is 154 cm³/mol. The minimum absolute atomic E-state index is 0.00426. The summed E-state index contributed by atoms with van der Waals surface area (Å²) < 4.78 is 32.9. The number of nitrogens with zero attached hydrogens (tertiary/aromatic N) is 5. The molecule has 0 aliphatic carbocycles. The quantitative estimate of drug-likeness (QED) is 0.228. The highest BCUT2D eigenvalue weighted by molar-refractivity contribution is 6.31. The Balaban J connectivity index is 1.49. The molecule has 0 radical (unpaired) electrons. The van der Waals surface area contributed by atoms with Crippen molar-refractivity contribution in [3.05, 3.63) is 70.8 Å². The molecule has 1 N–H and O–H groups in total. The number of likely N-dealkylation sites (N-methyl/N-ethyl adjacent to an activating group) is 1. The molecular formula is C29H33ClF2N6O5. The first kappa shape index (κ1) is 32.0. The first-order valence-corrected chi connectivity index (χ1v) is 14.1. The van der Waals surface area contributed by atoms with Crippen molar-refractivity contribution in [1.82, 2.24) is 25.4 Å². The Hall–Kier alpha value is -3.91. The molecule has 1 fully saturated rings. The van der Waals surface area contributed by atoms with Crippen LogP contribution in [-0.2, 0) is 25.8 Å². The van der Waals surface area contributed by atoms with Crippen LogP contribution in [0.25, 0.3) is 11.3 Å². The molecule has 2 aromatic carbocycles. The standard InChI is InChI=1S/C29H33ClF2N6O5/c1-20(40)38(33-17-22-6-4-8-25(32)29(22)30)24(9-10-28(41)36-13-11-35(2)12-14-36)18-42-37(19-39)27-16-26(43-34-27)21-5-3-7-23(31)15-21/h3-8,15-16,19,24,33H,9-14,17-18H2,1-2H3/t24-/m0/s1. The van der Waals surface area contributed by atoms with Crippen molar-refractivity contribution in [2.24, 2.45) is 0 Å². The number of hydrazine groups is 1. The number of anilines is 1. The number of benzene rings is 2. The molecule has 14 heteroatoms. The molecular weight excluding hydrogens is 586 g/mol. The molecule has 1 aliphatic rings. The van der Waals surface area contributed by atoms with Gasteiger partial charge in [-0.25, -0.2) is 14.2 Å². The van der Waals surface area contributed by atoms with Crippen LogP contribution in [0.3, 0.4) is 0 Å². The van der Waals surface area contributed by atoms with Gasteiger partial charge in [-0.05, 0) is 37.2 Å². The zero-order valence-electron chi connectivity index (χ0n) is 23.8. The monoisotopic (exact) mass is 618 g/mol. The van der Waals surface area contributed by atoms with Crippen LogP contribution in [0, 0.1) is 11.6 Å². The van der Waals surface area contributed by atoms with Crippen LogP contribution in [0.2, 0.25) is 5.02 Å². The SMILES string of the molecule is CC(=O)N(NCc1cccc(F)c1Cl)[C@@H](CCC(=O)N1CCN(C)CC1)CON(C=O)c1cc(-c2cccc(F)c2)on1. The van der Waals surface area contributed by atoms with E-state index in [0.29, 0.717) is 30.6 Å². The summed E-state index contributed by atoms with van der Waals surface area (Å²) in [5.74, 6) is -1.34. The Kier molecular flexibility index (Phi) is 11.2. The second kappa shape index (κ2) is 15.0. The molecule has 230 valence electrons. The molecule has 43 heavy (non-hydrogen) atoms. The fourth-order valence-corrected chi connectivity index (χ4v) is 4.80. The number of nitrogens with one attached hydrogen (secondary N) is 1. The highest BCUT2D eigenvalue weighted by Crippen LogP contribution is 2.25. The van der Waals surface area contributed by atoms with E-state index < -0.39 is 23.6 Å². The number of aromatic nitrogens is 1. The molecule has 0 spiro atoms. The van der Waals surface area contributed by atoms with Gasteiger partial charge in [-0.2, -0.15) is 5.06 Å². The topological polar surface area (TPSA) is 111 Å². The van der Waals surface area contributed by atoms with Crippen molar-refractivity contribution in [3.63, 3.8) is 0 Å². The Labute approximate surface area is 252 Å². The van der Waals surface area contributed by atoms with Gasteiger partial charge in [-0.1, -0.05) is 41.0 Å². The van der Waals surface area contributed by atoms with Crippen LogP contribution in [-0.4, -0.2) is 84.1 Å². The lowest BCUT2D eigenvalue weighted by molar-refractivity contribution is -0.140. The maximum Gasteiger partial charge on any atom is 0.239 e. The Morgan fingerprint density at radius 3 is 2.60 bits per heavy atom. The van der Waals surface area contributed by atoms with Crippen LogP contribution >= 0.6 is 11.6 Å². The molecule has 2 heterocycles. The largest absolute Gasteiger partial charge is 0.354 e. The third-order valence-corrected chi connectivity index (χ3v) is 7.48. The van der Waals surface area contributed by atoms with Crippen molar-refractivity contribution in [3.8, 4) is 11.3 Å². The third-order valence-electron chi connectivity index (χ3n) is 7.06. The van der Waals surface area contributed by atoms with Gasteiger partial charge in [-0.15, -0.1) is 0 Å². The van der Waals surface area contributed by atoms with Crippen molar-refractivity contribution < 1.29 is 32.5 Å². The first-order chi connectivity index (χ1) is 20.7. The summed E-state index contributed by atoms with van der Waals surface area (Å²) >= 11 is 6.10.